The molecule has 9 heteroatoms. The summed E-state index contributed by atoms with van der Waals surface area (Å²) in [6, 6.07) is 1.81. The lowest BCUT2D eigenvalue weighted by molar-refractivity contribution is -0.124. The Morgan fingerprint density at radius 3 is 2.59 bits per heavy atom. The highest BCUT2D eigenvalue weighted by atomic mass is 16.3. The Kier molecular flexibility index (Phi) is 7.14. The Morgan fingerprint density at radius 1 is 1.12 bits per heavy atom. The summed E-state index contributed by atoms with van der Waals surface area (Å²) in [6.45, 7) is 9.15. The smallest absolute Gasteiger partial charge is 0.275 e. The van der Waals surface area contributed by atoms with E-state index in [-0.39, 0.29) is 17.6 Å². The van der Waals surface area contributed by atoms with Crippen molar-refractivity contribution in [3.8, 4) is 0 Å². The van der Waals surface area contributed by atoms with Crippen LogP contribution in [0.25, 0.3) is 0 Å². The molecule has 2 fully saturated rings. The van der Waals surface area contributed by atoms with E-state index >= 15 is 0 Å². The molecule has 2 aliphatic rings. The van der Waals surface area contributed by atoms with Gasteiger partial charge in [0.1, 0.15) is 12.0 Å². The summed E-state index contributed by atoms with van der Waals surface area (Å²) >= 11 is 0. The molecule has 0 aromatic carbocycles. The zero-order valence-corrected chi connectivity index (χ0v) is 18.9. The molecule has 1 amide bonds. The van der Waals surface area contributed by atoms with Crippen molar-refractivity contribution < 1.29 is 14.0 Å². The number of hydrogen-bond donors (Lipinski definition) is 0. The van der Waals surface area contributed by atoms with E-state index in [9.17, 15) is 9.59 Å². The second kappa shape index (κ2) is 10.2. The molecule has 4 heterocycles. The number of carbonyl (C=O) groups is 2. The van der Waals surface area contributed by atoms with Crippen molar-refractivity contribution in [1.82, 2.24) is 24.8 Å². The van der Waals surface area contributed by atoms with Crippen LogP contribution >= 0.6 is 0 Å². The Balaban J connectivity index is 1.29. The second-order valence-electron chi connectivity index (χ2n) is 9.09. The van der Waals surface area contributed by atoms with Crippen LogP contribution in [0.15, 0.2) is 29.1 Å². The highest BCUT2D eigenvalue weighted by molar-refractivity contribution is 5.92. The van der Waals surface area contributed by atoms with Crippen LogP contribution in [0.4, 0.5) is 5.95 Å². The van der Waals surface area contributed by atoms with Gasteiger partial charge in [0.05, 0.1) is 6.54 Å². The average Bonchev–Trinajstić information content (AvgIpc) is 3.28. The van der Waals surface area contributed by atoms with Crippen molar-refractivity contribution in [3.63, 3.8) is 0 Å². The van der Waals surface area contributed by atoms with Gasteiger partial charge in [0, 0.05) is 64.0 Å². The van der Waals surface area contributed by atoms with Crippen molar-refractivity contribution in [2.45, 2.75) is 39.7 Å². The van der Waals surface area contributed by atoms with Crippen molar-refractivity contribution in [2.75, 3.05) is 44.2 Å². The minimum Gasteiger partial charge on any atom is -0.447 e. The number of piperazine rings is 1. The first-order valence-electron chi connectivity index (χ1n) is 11.5. The fraction of sp³-hybridized carbons (Fsp3) is 0.609. The number of hydrogen-bond acceptors (Lipinski definition) is 8. The number of rotatable bonds is 7. The lowest BCUT2D eigenvalue weighted by Crippen LogP contribution is -2.46. The first kappa shape index (κ1) is 22.4. The predicted molar refractivity (Wildman–Crippen MR) is 119 cm³/mol. The number of nitrogens with zero attached hydrogens (tertiary/aromatic N) is 6. The molecule has 0 radical (unpaired) electrons. The molecule has 1 atom stereocenters. The van der Waals surface area contributed by atoms with Crippen LogP contribution < -0.4 is 4.90 Å². The molecule has 2 aliphatic heterocycles. The summed E-state index contributed by atoms with van der Waals surface area (Å²) in [7, 11) is 0. The van der Waals surface area contributed by atoms with Gasteiger partial charge in [0.25, 0.3) is 5.91 Å². The van der Waals surface area contributed by atoms with E-state index in [1.54, 1.807) is 17.3 Å². The maximum Gasteiger partial charge on any atom is 0.275 e. The maximum absolute atomic E-state index is 13.0. The summed E-state index contributed by atoms with van der Waals surface area (Å²) in [6.07, 6.45) is 7.24. The van der Waals surface area contributed by atoms with Gasteiger partial charge in [-0.25, -0.2) is 15.0 Å². The van der Waals surface area contributed by atoms with Gasteiger partial charge in [-0.15, -0.1) is 0 Å². The molecule has 0 aliphatic carbocycles. The number of carbonyl (C=O) groups excluding carboxylic acids is 2. The van der Waals surface area contributed by atoms with Gasteiger partial charge >= 0.3 is 0 Å². The third-order valence-corrected chi connectivity index (χ3v) is 6.11. The van der Waals surface area contributed by atoms with Crippen molar-refractivity contribution >= 4 is 17.6 Å². The summed E-state index contributed by atoms with van der Waals surface area (Å²) in [4.78, 5) is 44.7. The first-order chi connectivity index (χ1) is 15.5. The minimum atomic E-state index is -0.145. The Bertz CT molecular complexity index is 907. The first-order valence-corrected chi connectivity index (χ1v) is 11.5. The number of likely N-dealkylation sites (tertiary alicyclic amines) is 1. The van der Waals surface area contributed by atoms with Crippen LogP contribution in [0, 0.1) is 11.8 Å². The van der Waals surface area contributed by atoms with Crippen LogP contribution in [0.2, 0.25) is 0 Å². The highest BCUT2D eigenvalue weighted by Crippen LogP contribution is 2.22. The normalized spacial score (nSPS) is 20.0. The molecule has 0 N–H and O–H groups in total. The van der Waals surface area contributed by atoms with Crippen molar-refractivity contribution in [1.29, 1.82) is 0 Å². The maximum atomic E-state index is 13.0. The van der Waals surface area contributed by atoms with Gasteiger partial charge in [-0.2, -0.15) is 0 Å². The highest BCUT2D eigenvalue weighted by Gasteiger charge is 2.30. The Hall–Kier alpha value is -2.81. The lowest BCUT2D eigenvalue weighted by Gasteiger charge is -2.33. The minimum absolute atomic E-state index is 0.0636. The van der Waals surface area contributed by atoms with Gasteiger partial charge in [0.15, 0.2) is 5.69 Å². The van der Waals surface area contributed by atoms with Crippen molar-refractivity contribution in [2.24, 2.45) is 11.8 Å². The number of ketones is 1. The van der Waals surface area contributed by atoms with Crippen LogP contribution in [0.1, 0.15) is 49.5 Å². The summed E-state index contributed by atoms with van der Waals surface area (Å²) in [5.74, 6) is 1.69. The Labute approximate surface area is 188 Å². The molecule has 1 unspecified atom stereocenters. The summed E-state index contributed by atoms with van der Waals surface area (Å²) in [5.41, 5.74) is 0.327. The molecule has 2 saturated heterocycles. The Morgan fingerprint density at radius 2 is 1.88 bits per heavy atom. The number of aromatic nitrogens is 3. The largest absolute Gasteiger partial charge is 0.447 e. The van der Waals surface area contributed by atoms with Gasteiger partial charge in [-0.05, 0) is 24.8 Å². The van der Waals surface area contributed by atoms with E-state index in [0.717, 1.165) is 45.0 Å². The second-order valence-corrected chi connectivity index (χ2v) is 9.09. The molecule has 2 aromatic heterocycles. The van der Waals surface area contributed by atoms with E-state index in [1.807, 2.05) is 6.07 Å². The van der Waals surface area contributed by atoms with Crippen molar-refractivity contribution in [3.05, 3.63) is 36.3 Å². The van der Waals surface area contributed by atoms with E-state index < -0.39 is 0 Å². The van der Waals surface area contributed by atoms with Crippen LogP contribution in [0.5, 0.6) is 0 Å². The number of amides is 1. The molecular formula is C23H32N6O3. The number of anilines is 1. The molecule has 0 bridgehead atoms. The fourth-order valence-electron chi connectivity index (χ4n) is 4.39. The standard InChI is InChI=1S/C23H32N6O3/c1-17(2)13-20(30)18-5-3-8-29(14-18)22(31)19-16-32-21(26-19)15-27-9-11-28(12-10-27)23-24-6-4-7-25-23/h4,6-7,16-18H,3,5,8-15H2,1-2H3. The zero-order valence-electron chi connectivity index (χ0n) is 18.9. The van der Waals surface area contributed by atoms with E-state index in [1.165, 1.54) is 6.26 Å². The van der Waals surface area contributed by atoms with E-state index in [0.29, 0.717) is 43.6 Å². The monoisotopic (exact) mass is 440 g/mol. The molecule has 172 valence electrons. The molecule has 4 rings (SSSR count). The quantitative estimate of drug-likeness (QED) is 0.647. The number of piperidine rings is 1. The van der Waals surface area contributed by atoms with Crippen LogP contribution in [0.3, 0.4) is 0 Å². The third-order valence-electron chi connectivity index (χ3n) is 6.11. The topological polar surface area (TPSA) is 95.7 Å². The van der Waals surface area contributed by atoms with Crippen LogP contribution in [-0.2, 0) is 11.3 Å². The molecule has 0 saturated carbocycles. The lowest BCUT2D eigenvalue weighted by atomic mass is 9.89. The van der Waals surface area contributed by atoms with Gasteiger partial charge in [0.2, 0.25) is 11.8 Å². The van der Waals surface area contributed by atoms with E-state index in [4.69, 9.17) is 4.42 Å². The number of Topliss-reactive ketones (excluding diaryl/α,β-unsaturated/α-hetero) is 1. The molecule has 32 heavy (non-hydrogen) atoms. The zero-order chi connectivity index (χ0) is 22.5. The molecular weight excluding hydrogens is 408 g/mol. The predicted octanol–water partition coefficient (Wildman–Crippen LogP) is 2.25. The molecule has 0 spiro atoms. The van der Waals surface area contributed by atoms with Gasteiger partial charge in [-0.3, -0.25) is 14.5 Å². The summed E-state index contributed by atoms with van der Waals surface area (Å²) in [5, 5.41) is 0. The van der Waals surface area contributed by atoms with Gasteiger partial charge in [-0.1, -0.05) is 13.8 Å². The summed E-state index contributed by atoms with van der Waals surface area (Å²) < 4.78 is 5.61. The van der Waals surface area contributed by atoms with Gasteiger partial charge < -0.3 is 14.2 Å². The number of oxazole rings is 1. The average molecular weight is 441 g/mol. The fourth-order valence-corrected chi connectivity index (χ4v) is 4.39. The molecule has 2 aromatic rings. The van der Waals surface area contributed by atoms with Crippen LogP contribution in [-0.4, -0.2) is 75.7 Å². The van der Waals surface area contributed by atoms with E-state index in [2.05, 4.69) is 38.6 Å². The SMILES string of the molecule is CC(C)CC(=O)C1CCCN(C(=O)c2coc(CN3CCN(c4ncccn4)CC3)n2)C1. The third kappa shape index (κ3) is 5.51. The molecule has 9 nitrogen and oxygen atoms in total.